The maximum Gasteiger partial charge on any atom is 0.119 e. The molecule has 0 fully saturated rings. The van der Waals surface area contributed by atoms with E-state index in [1.165, 1.54) is 5.56 Å². The van der Waals surface area contributed by atoms with Crippen molar-refractivity contribution in [2.75, 3.05) is 0 Å². The van der Waals surface area contributed by atoms with Crippen LogP contribution in [0.15, 0.2) is 48.5 Å². The maximum atomic E-state index is 9.21. The predicted octanol–water partition coefficient (Wildman–Crippen LogP) is 3.25. The molecule has 0 amide bonds. The molecule has 20 heavy (non-hydrogen) atoms. The largest absolute Gasteiger partial charge is 0.508 e. The third kappa shape index (κ3) is 4.28. The number of ether oxygens (including phenoxy) is 1. The lowest BCUT2D eigenvalue weighted by molar-refractivity contribution is 0.306. The van der Waals surface area contributed by atoms with Gasteiger partial charge in [0.1, 0.15) is 18.1 Å². The molecule has 0 aromatic heterocycles. The van der Waals surface area contributed by atoms with Crippen LogP contribution in [-0.4, -0.2) is 11.1 Å². The van der Waals surface area contributed by atoms with Crippen LogP contribution in [0.2, 0.25) is 0 Å². The SMILES string of the molecule is CCC(N)Cc1ccc(OCc2ccc(O)cc2)cc1. The van der Waals surface area contributed by atoms with Gasteiger partial charge in [0.15, 0.2) is 0 Å². The van der Waals surface area contributed by atoms with Crippen molar-refractivity contribution in [3.8, 4) is 11.5 Å². The minimum atomic E-state index is 0.221. The first kappa shape index (κ1) is 14.4. The van der Waals surface area contributed by atoms with Crippen LogP contribution in [0.4, 0.5) is 0 Å². The summed E-state index contributed by atoms with van der Waals surface area (Å²) >= 11 is 0. The van der Waals surface area contributed by atoms with Crippen molar-refractivity contribution in [1.82, 2.24) is 0 Å². The molecule has 2 rings (SSSR count). The number of rotatable bonds is 6. The molecular weight excluding hydrogens is 250 g/mol. The molecule has 0 aliphatic carbocycles. The van der Waals surface area contributed by atoms with Gasteiger partial charge in [-0.1, -0.05) is 31.2 Å². The number of aromatic hydroxyl groups is 1. The highest BCUT2D eigenvalue weighted by molar-refractivity contribution is 5.29. The molecule has 1 atom stereocenters. The van der Waals surface area contributed by atoms with Crippen molar-refractivity contribution in [3.05, 3.63) is 59.7 Å². The van der Waals surface area contributed by atoms with Crippen LogP contribution in [0.25, 0.3) is 0 Å². The molecule has 0 radical (unpaired) electrons. The van der Waals surface area contributed by atoms with Gasteiger partial charge in [0.05, 0.1) is 0 Å². The Balaban J connectivity index is 1.89. The Morgan fingerprint density at radius 1 is 1.00 bits per heavy atom. The quantitative estimate of drug-likeness (QED) is 0.848. The Labute approximate surface area is 120 Å². The summed E-state index contributed by atoms with van der Waals surface area (Å²) in [5, 5.41) is 9.21. The summed E-state index contributed by atoms with van der Waals surface area (Å²) in [5.74, 6) is 1.11. The van der Waals surface area contributed by atoms with Gasteiger partial charge in [0.2, 0.25) is 0 Å². The van der Waals surface area contributed by atoms with Crippen LogP contribution < -0.4 is 10.5 Å². The van der Waals surface area contributed by atoms with Crippen molar-refractivity contribution in [1.29, 1.82) is 0 Å². The number of phenolic OH excluding ortho intramolecular Hbond substituents is 1. The molecule has 0 heterocycles. The fourth-order valence-electron chi connectivity index (χ4n) is 1.93. The lowest BCUT2D eigenvalue weighted by atomic mass is 10.0. The van der Waals surface area contributed by atoms with Gasteiger partial charge in [-0.15, -0.1) is 0 Å². The van der Waals surface area contributed by atoms with Crippen LogP contribution >= 0.6 is 0 Å². The fourth-order valence-corrected chi connectivity index (χ4v) is 1.93. The third-order valence-electron chi connectivity index (χ3n) is 3.29. The maximum absolute atomic E-state index is 9.21. The van der Waals surface area contributed by atoms with E-state index < -0.39 is 0 Å². The molecule has 0 spiro atoms. The first-order valence-corrected chi connectivity index (χ1v) is 6.92. The zero-order valence-corrected chi connectivity index (χ0v) is 11.8. The van der Waals surface area contributed by atoms with Gasteiger partial charge in [-0.05, 0) is 48.2 Å². The summed E-state index contributed by atoms with van der Waals surface area (Å²) in [6.07, 6.45) is 1.88. The van der Waals surface area contributed by atoms with E-state index >= 15 is 0 Å². The van der Waals surface area contributed by atoms with Gasteiger partial charge < -0.3 is 15.6 Å². The molecular formula is C17H21NO2. The van der Waals surface area contributed by atoms with E-state index in [-0.39, 0.29) is 11.8 Å². The normalized spacial score (nSPS) is 12.1. The summed E-state index contributed by atoms with van der Waals surface area (Å²) in [6.45, 7) is 2.59. The Bertz CT molecular complexity index is 520. The van der Waals surface area contributed by atoms with E-state index in [0.29, 0.717) is 6.61 Å². The van der Waals surface area contributed by atoms with Crippen molar-refractivity contribution < 1.29 is 9.84 Å². The molecule has 2 aromatic rings. The van der Waals surface area contributed by atoms with Crippen molar-refractivity contribution >= 4 is 0 Å². The Kier molecular flexibility index (Phi) is 5.02. The molecule has 3 nitrogen and oxygen atoms in total. The van der Waals surface area contributed by atoms with Crippen molar-refractivity contribution in [2.24, 2.45) is 5.73 Å². The van der Waals surface area contributed by atoms with Gasteiger partial charge in [-0.25, -0.2) is 0 Å². The molecule has 0 saturated carbocycles. The van der Waals surface area contributed by atoms with Crippen LogP contribution in [0.5, 0.6) is 11.5 Å². The molecule has 1 unspecified atom stereocenters. The summed E-state index contributed by atoms with van der Waals surface area (Å²) in [7, 11) is 0. The van der Waals surface area contributed by atoms with E-state index in [1.54, 1.807) is 12.1 Å². The van der Waals surface area contributed by atoms with Gasteiger partial charge in [0.25, 0.3) is 0 Å². The van der Waals surface area contributed by atoms with Gasteiger partial charge >= 0.3 is 0 Å². The molecule has 106 valence electrons. The number of phenols is 1. The molecule has 0 aliphatic heterocycles. The van der Waals surface area contributed by atoms with Gasteiger partial charge in [-0.2, -0.15) is 0 Å². The van der Waals surface area contributed by atoms with Crippen LogP contribution in [0.1, 0.15) is 24.5 Å². The zero-order chi connectivity index (χ0) is 14.4. The van der Waals surface area contributed by atoms with Crippen molar-refractivity contribution in [2.45, 2.75) is 32.4 Å². The van der Waals surface area contributed by atoms with E-state index in [2.05, 4.69) is 19.1 Å². The van der Waals surface area contributed by atoms with Crippen LogP contribution in [0, 0.1) is 0 Å². The number of hydrogen-bond donors (Lipinski definition) is 2. The highest BCUT2D eigenvalue weighted by atomic mass is 16.5. The molecule has 2 aromatic carbocycles. The highest BCUT2D eigenvalue weighted by Gasteiger charge is 2.02. The first-order valence-electron chi connectivity index (χ1n) is 6.92. The molecule has 3 heteroatoms. The zero-order valence-electron chi connectivity index (χ0n) is 11.8. The van der Waals surface area contributed by atoms with Crippen LogP contribution in [-0.2, 0) is 13.0 Å². The second-order valence-electron chi connectivity index (χ2n) is 4.97. The average Bonchev–Trinajstić information content (AvgIpc) is 2.48. The second-order valence-corrected chi connectivity index (χ2v) is 4.97. The van der Waals surface area contributed by atoms with Crippen molar-refractivity contribution in [3.63, 3.8) is 0 Å². The summed E-state index contributed by atoms with van der Waals surface area (Å²) in [4.78, 5) is 0. The average molecular weight is 271 g/mol. The van der Waals surface area contributed by atoms with Crippen LogP contribution in [0.3, 0.4) is 0 Å². The minimum Gasteiger partial charge on any atom is -0.508 e. The summed E-state index contributed by atoms with van der Waals surface area (Å²) in [6, 6.07) is 15.3. The lowest BCUT2D eigenvalue weighted by Gasteiger charge is -2.10. The molecule has 0 aliphatic rings. The fraction of sp³-hybridized carbons (Fsp3) is 0.294. The Morgan fingerprint density at radius 2 is 1.60 bits per heavy atom. The van der Waals surface area contributed by atoms with Gasteiger partial charge in [0, 0.05) is 6.04 Å². The van der Waals surface area contributed by atoms with Gasteiger partial charge in [-0.3, -0.25) is 0 Å². The summed E-state index contributed by atoms with van der Waals surface area (Å²) in [5.41, 5.74) is 8.20. The minimum absolute atomic E-state index is 0.221. The smallest absolute Gasteiger partial charge is 0.119 e. The standard InChI is InChI=1S/C17H21NO2/c1-2-15(18)11-13-5-9-17(10-6-13)20-12-14-3-7-16(19)8-4-14/h3-10,15,19H,2,11-12,18H2,1H3. The molecule has 0 bridgehead atoms. The van der Waals surface area contributed by atoms with E-state index in [4.69, 9.17) is 10.5 Å². The number of nitrogens with two attached hydrogens (primary N) is 1. The Morgan fingerprint density at radius 3 is 2.20 bits per heavy atom. The predicted molar refractivity (Wildman–Crippen MR) is 80.9 cm³/mol. The van der Waals surface area contributed by atoms with E-state index in [9.17, 15) is 5.11 Å². The Hall–Kier alpha value is -2.00. The number of benzene rings is 2. The number of hydrogen-bond acceptors (Lipinski definition) is 3. The second kappa shape index (κ2) is 6.96. The van der Waals surface area contributed by atoms with E-state index in [1.807, 2.05) is 24.3 Å². The third-order valence-corrected chi connectivity index (χ3v) is 3.29. The van der Waals surface area contributed by atoms with E-state index in [0.717, 1.165) is 24.2 Å². The highest BCUT2D eigenvalue weighted by Crippen LogP contribution is 2.16. The topological polar surface area (TPSA) is 55.5 Å². The summed E-state index contributed by atoms with van der Waals surface area (Å²) < 4.78 is 5.71. The molecule has 3 N–H and O–H groups in total. The first-order chi connectivity index (χ1) is 9.67. The lowest BCUT2D eigenvalue weighted by Crippen LogP contribution is -2.21. The monoisotopic (exact) mass is 271 g/mol. The molecule has 0 saturated heterocycles.